The molecule has 0 bridgehead atoms. The van der Waals surface area contributed by atoms with Crippen molar-refractivity contribution in [1.29, 1.82) is 0 Å². The largest absolute Gasteiger partial charge is 0.455 e. The monoisotopic (exact) mass is 720 g/mol. The Morgan fingerprint density at radius 1 is 0.436 bits per heavy atom. The van der Waals surface area contributed by atoms with Crippen LogP contribution in [0, 0.1) is 0 Å². The van der Waals surface area contributed by atoms with Gasteiger partial charge >= 0.3 is 0 Å². The highest BCUT2D eigenvalue weighted by molar-refractivity contribution is 7.26. The fourth-order valence-electron chi connectivity index (χ4n) is 8.30. The van der Waals surface area contributed by atoms with Crippen LogP contribution in [0.15, 0.2) is 174 Å². The first kappa shape index (κ1) is 30.3. The molecule has 0 aliphatic carbocycles. The lowest BCUT2D eigenvalue weighted by Crippen LogP contribution is -2.01. The zero-order valence-corrected chi connectivity index (χ0v) is 30.1. The van der Waals surface area contributed by atoms with Gasteiger partial charge in [-0.05, 0) is 59.3 Å². The normalized spacial score (nSPS) is 12.0. The Morgan fingerprint density at radius 3 is 1.98 bits per heavy atom. The Morgan fingerprint density at radius 2 is 1.11 bits per heavy atom. The average molecular weight is 721 g/mol. The van der Waals surface area contributed by atoms with Crippen LogP contribution in [0.4, 0.5) is 0 Å². The zero-order chi connectivity index (χ0) is 36.0. The zero-order valence-electron chi connectivity index (χ0n) is 29.3. The van der Waals surface area contributed by atoms with Gasteiger partial charge in [0.15, 0.2) is 17.5 Å². The van der Waals surface area contributed by atoms with Gasteiger partial charge in [-0.15, -0.1) is 11.3 Å². The molecule has 8 aromatic carbocycles. The van der Waals surface area contributed by atoms with Crippen molar-refractivity contribution in [1.82, 2.24) is 19.5 Å². The highest BCUT2D eigenvalue weighted by Gasteiger charge is 2.22. The molecule has 5 nitrogen and oxygen atoms in total. The first-order chi connectivity index (χ1) is 27.2. The summed E-state index contributed by atoms with van der Waals surface area (Å²) in [6.07, 6.45) is 0. The molecule has 0 aliphatic heterocycles. The van der Waals surface area contributed by atoms with Gasteiger partial charge in [0.05, 0.1) is 16.6 Å². The molecule has 0 N–H and O–H groups in total. The summed E-state index contributed by atoms with van der Waals surface area (Å²) in [4.78, 5) is 15.8. The second-order valence-corrected chi connectivity index (χ2v) is 15.0. The van der Waals surface area contributed by atoms with Crippen molar-refractivity contribution >= 4 is 86.0 Å². The fourth-order valence-corrected chi connectivity index (χ4v) is 9.51. The molecule has 0 radical (unpaired) electrons. The van der Waals surface area contributed by atoms with E-state index in [9.17, 15) is 0 Å². The van der Waals surface area contributed by atoms with Gasteiger partial charge in [-0.2, -0.15) is 0 Å². The number of aromatic nitrogens is 4. The Hall–Kier alpha value is -7.15. The molecule has 6 heteroatoms. The van der Waals surface area contributed by atoms with E-state index in [1.54, 1.807) is 11.3 Å². The van der Waals surface area contributed by atoms with Crippen molar-refractivity contribution in [2.24, 2.45) is 0 Å². The van der Waals surface area contributed by atoms with Crippen LogP contribution in [-0.4, -0.2) is 19.5 Å². The third kappa shape index (κ3) is 4.62. The van der Waals surface area contributed by atoms with Crippen molar-refractivity contribution < 1.29 is 4.42 Å². The first-order valence-electron chi connectivity index (χ1n) is 18.4. The van der Waals surface area contributed by atoms with E-state index < -0.39 is 0 Å². The highest BCUT2D eigenvalue weighted by atomic mass is 32.1. The standard InChI is InChI=1S/C49H28N4OS/c1-2-13-29(14-3-1)47-50-48(37-21-12-20-36-35-19-8-11-24-44(35)55-46(36)37)52-49(51-47)40-28-32(27-39-34-18-7-10-23-43(34)54-45(39)40)53-41-22-9-6-17-33(41)38-25-30-15-4-5-16-31(30)26-42(38)53/h1-28H. The minimum absolute atomic E-state index is 0.555. The van der Waals surface area contributed by atoms with E-state index in [2.05, 4.69) is 144 Å². The fraction of sp³-hybridized carbons (Fsp3) is 0. The molecule has 55 heavy (non-hydrogen) atoms. The minimum Gasteiger partial charge on any atom is -0.455 e. The molecule has 0 unspecified atom stereocenters. The van der Waals surface area contributed by atoms with Crippen LogP contribution in [0.25, 0.3) is 115 Å². The van der Waals surface area contributed by atoms with Crippen molar-refractivity contribution in [2.45, 2.75) is 0 Å². The van der Waals surface area contributed by atoms with Gasteiger partial charge in [0.25, 0.3) is 0 Å². The number of para-hydroxylation sites is 2. The molecule has 0 spiro atoms. The lowest BCUT2D eigenvalue weighted by Gasteiger charge is -2.13. The van der Waals surface area contributed by atoms with Gasteiger partial charge in [0.1, 0.15) is 11.2 Å². The number of rotatable bonds is 4. The molecular formula is C49H28N4OS. The van der Waals surface area contributed by atoms with E-state index in [4.69, 9.17) is 19.4 Å². The van der Waals surface area contributed by atoms with Crippen LogP contribution in [0.2, 0.25) is 0 Å². The van der Waals surface area contributed by atoms with Crippen LogP contribution in [-0.2, 0) is 0 Å². The van der Waals surface area contributed by atoms with Gasteiger partial charge in [0.2, 0.25) is 0 Å². The van der Waals surface area contributed by atoms with Crippen molar-refractivity contribution in [3.05, 3.63) is 170 Å². The van der Waals surface area contributed by atoms with E-state index in [1.807, 2.05) is 30.3 Å². The van der Waals surface area contributed by atoms with Gasteiger partial charge in [-0.3, -0.25) is 0 Å². The average Bonchev–Trinajstić information content (AvgIpc) is 3.92. The summed E-state index contributed by atoms with van der Waals surface area (Å²) >= 11 is 1.77. The second kappa shape index (κ2) is 11.7. The third-order valence-electron chi connectivity index (χ3n) is 10.8. The molecule has 4 aromatic heterocycles. The van der Waals surface area contributed by atoms with Crippen LogP contribution in [0.5, 0.6) is 0 Å². The molecule has 0 aliphatic rings. The number of hydrogen-bond donors (Lipinski definition) is 0. The molecule has 12 aromatic rings. The Bertz CT molecular complexity index is 3500. The Kier molecular flexibility index (Phi) is 6.44. The van der Waals surface area contributed by atoms with Crippen molar-refractivity contribution in [3.8, 4) is 39.9 Å². The minimum atomic E-state index is 0.555. The lowest BCUT2D eigenvalue weighted by atomic mass is 10.1. The maximum atomic E-state index is 6.74. The van der Waals surface area contributed by atoms with Crippen LogP contribution in [0.1, 0.15) is 0 Å². The van der Waals surface area contributed by atoms with E-state index in [-0.39, 0.29) is 0 Å². The number of benzene rings is 8. The molecular weight excluding hydrogens is 693 g/mol. The summed E-state index contributed by atoms with van der Waals surface area (Å²) in [5.74, 6) is 1.79. The van der Waals surface area contributed by atoms with Crippen LogP contribution in [0.3, 0.4) is 0 Å². The van der Waals surface area contributed by atoms with E-state index in [0.29, 0.717) is 17.5 Å². The van der Waals surface area contributed by atoms with E-state index >= 15 is 0 Å². The first-order valence-corrected chi connectivity index (χ1v) is 19.2. The lowest BCUT2D eigenvalue weighted by molar-refractivity contribution is 0.669. The summed E-state index contributed by atoms with van der Waals surface area (Å²) in [6.45, 7) is 0. The molecule has 0 saturated heterocycles. The number of hydrogen-bond acceptors (Lipinski definition) is 5. The topological polar surface area (TPSA) is 56.7 Å². The van der Waals surface area contributed by atoms with Crippen LogP contribution < -0.4 is 0 Å². The maximum Gasteiger partial charge on any atom is 0.167 e. The molecule has 256 valence electrons. The number of furan rings is 1. The molecule has 0 saturated carbocycles. The molecule has 0 atom stereocenters. The summed E-state index contributed by atoms with van der Waals surface area (Å²) < 4.78 is 11.5. The van der Waals surface area contributed by atoms with E-state index in [1.165, 1.54) is 37.0 Å². The van der Waals surface area contributed by atoms with E-state index in [0.717, 1.165) is 60.0 Å². The summed E-state index contributed by atoms with van der Waals surface area (Å²) in [7, 11) is 0. The van der Waals surface area contributed by atoms with Gasteiger partial charge in [-0.25, -0.2) is 15.0 Å². The Labute approximate surface area is 318 Å². The SMILES string of the molecule is c1ccc(-c2nc(-c3cc(-n4c5ccccc5c5cc6ccccc6cc54)cc4c3oc3ccccc34)nc(-c3cccc4c3sc3ccccc34)n2)cc1. The number of thiophene rings is 1. The van der Waals surface area contributed by atoms with Gasteiger partial charge in [0, 0.05) is 58.5 Å². The molecule has 12 rings (SSSR count). The summed E-state index contributed by atoms with van der Waals surface area (Å²) in [5.41, 5.74) is 7.53. The molecule has 0 fully saturated rings. The number of fused-ring (bicyclic) bond motifs is 10. The van der Waals surface area contributed by atoms with Gasteiger partial charge in [-0.1, -0.05) is 121 Å². The smallest absolute Gasteiger partial charge is 0.167 e. The molecule has 4 heterocycles. The predicted octanol–water partition coefficient (Wildman–Crippen LogP) is 13.4. The van der Waals surface area contributed by atoms with Crippen LogP contribution >= 0.6 is 11.3 Å². The Balaban J connectivity index is 1.19. The van der Waals surface area contributed by atoms with Crippen molar-refractivity contribution in [3.63, 3.8) is 0 Å². The van der Waals surface area contributed by atoms with Gasteiger partial charge < -0.3 is 8.98 Å². The van der Waals surface area contributed by atoms with Crippen molar-refractivity contribution in [2.75, 3.05) is 0 Å². The quantitative estimate of drug-likeness (QED) is 0.182. The predicted molar refractivity (Wildman–Crippen MR) is 228 cm³/mol. The summed E-state index contributed by atoms with van der Waals surface area (Å²) in [6, 6.07) is 59.7. The summed E-state index contributed by atoms with van der Waals surface area (Å²) in [5, 5.41) is 9.29. The third-order valence-corrected chi connectivity index (χ3v) is 12.0. The highest BCUT2D eigenvalue weighted by Crippen LogP contribution is 2.43. The molecule has 0 amide bonds. The maximum absolute atomic E-state index is 6.74. The second-order valence-electron chi connectivity index (χ2n) is 14.0. The number of nitrogens with zero attached hydrogens (tertiary/aromatic N) is 4.